The van der Waals surface area contributed by atoms with Crippen molar-refractivity contribution < 1.29 is 13.9 Å². The maximum absolute atomic E-state index is 14.4. The molecule has 2 aliphatic carbocycles. The average molecular weight is 306 g/mol. The zero-order valence-electron chi connectivity index (χ0n) is 13.6. The Morgan fingerprint density at radius 1 is 0.955 bits per heavy atom. The van der Waals surface area contributed by atoms with Crippen LogP contribution in [0.2, 0.25) is 0 Å². The van der Waals surface area contributed by atoms with Crippen LogP contribution in [0.3, 0.4) is 0 Å². The van der Waals surface area contributed by atoms with Crippen molar-refractivity contribution in [1.82, 2.24) is 0 Å². The number of benzene rings is 1. The minimum Gasteiger partial charge on any atom is -0.493 e. The van der Waals surface area contributed by atoms with Gasteiger partial charge in [-0.3, -0.25) is 0 Å². The van der Waals surface area contributed by atoms with Crippen LogP contribution in [0.5, 0.6) is 11.5 Å². The van der Waals surface area contributed by atoms with Crippen molar-refractivity contribution in [2.45, 2.75) is 58.3 Å². The van der Waals surface area contributed by atoms with E-state index in [9.17, 15) is 4.39 Å². The molecule has 0 bridgehead atoms. The quantitative estimate of drug-likeness (QED) is 0.683. The van der Waals surface area contributed by atoms with Gasteiger partial charge in [0.2, 0.25) is 0 Å². The fourth-order valence-corrected chi connectivity index (χ4v) is 3.41. The van der Waals surface area contributed by atoms with Crippen LogP contribution in [0.4, 0.5) is 4.39 Å². The predicted molar refractivity (Wildman–Crippen MR) is 86.0 cm³/mol. The first-order valence-electron chi connectivity index (χ1n) is 8.78. The average Bonchev–Trinajstić information content (AvgIpc) is 2.97. The van der Waals surface area contributed by atoms with Crippen LogP contribution in [-0.2, 0) is 0 Å². The van der Waals surface area contributed by atoms with Crippen LogP contribution in [0, 0.1) is 24.6 Å². The lowest BCUT2D eigenvalue weighted by atomic mass is 9.86. The Labute approximate surface area is 133 Å². The molecular formula is C19H27FO2. The highest BCUT2D eigenvalue weighted by molar-refractivity contribution is 5.41. The van der Waals surface area contributed by atoms with Gasteiger partial charge in [0.1, 0.15) is 5.75 Å². The van der Waals surface area contributed by atoms with Gasteiger partial charge in [-0.2, -0.15) is 0 Å². The number of hydrogen-bond acceptors (Lipinski definition) is 2. The Bertz CT molecular complexity index is 490. The first kappa shape index (κ1) is 15.6. The fourth-order valence-electron chi connectivity index (χ4n) is 3.41. The van der Waals surface area contributed by atoms with Gasteiger partial charge in [-0.15, -0.1) is 0 Å². The summed E-state index contributed by atoms with van der Waals surface area (Å²) < 4.78 is 25.8. The van der Waals surface area contributed by atoms with E-state index in [1.165, 1.54) is 44.9 Å². The Balaban J connectivity index is 1.51. The van der Waals surface area contributed by atoms with Gasteiger partial charge < -0.3 is 9.47 Å². The summed E-state index contributed by atoms with van der Waals surface area (Å²) in [7, 11) is 0. The SMILES string of the molecule is Cc1c(OCC2CCC2)ccc(OCCC2CCCC2)c1F. The van der Waals surface area contributed by atoms with Crippen molar-refractivity contribution in [2.24, 2.45) is 11.8 Å². The van der Waals surface area contributed by atoms with Crippen LogP contribution in [0.1, 0.15) is 56.9 Å². The maximum Gasteiger partial charge on any atom is 0.171 e. The van der Waals surface area contributed by atoms with Crippen LogP contribution in [0.15, 0.2) is 12.1 Å². The van der Waals surface area contributed by atoms with Crippen LogP contribution < -0.4 is 9.47 Å². The van der Waals surface area contributed by atoms with Gasteiger partial charge in [0.25, 0.3) is 0 Å². The summed E-state index contributed by atoms with van der Waals surface area (Å²) >= 11 is 0. The molecule has 0 amide bonds. The van der Waals surface area contributed by atoms with E-state index in [2.05, 4.69) is 0 Å². The minimum absolute atomic E-state index is 0.266. The normalized spacial score (nSPS) is 19.2. The van der Waals surface area contributed by atoms with Gasteiger partial charge in [0.05, 0.1) is 13.2 Å². The molecule has 0 heterocycles. The lowest BCUT2D eigenvalue weighted by molar-refractivity contribution is 0.179. The maximum atomic E-state index is 14.4. The van der Waals surface area contributed by atoms with Gasteiger partial charge in [-0.25, -0.2) is 4.39 Å². The minimum atomic E-state index is -0.266. The zero-order chi connectivity index (χ0) is 15.4. The Morgan fingerprint density at radius 3 is 2.32 bits per heavy atom. The molecule has 0 saturated heterocycles. The molecule has 0 N–H and O–H groups in total. The fraction of sp³-hybridized carbons (Fsp3) is 0.684. The number of ether oxygens (including phenoxy) is 2. The van der Waals surface area contributed by atoms with E-state index in [-0.39, 0.29) is 5.82 Å². The third kappa shape index (κ3) is 3.74. The Morgan fingerprint density at radius 2 is 1.64 bits per heavy atom. The molecule has 1 aromatic carbocycles. The van der Waals surface area contributed by atoms with Crippen molar-refractivity contribution >= 4 is 0 Å². The highest BCUT2D eigenvalue weighted by atomic mass is 19.1. The van der Waals surface area contributed by atoms with Crippen molar-refractivity contribution in [2.75, 3.05) is 13.2 Å². The van der Waals surface area contributed by atoms with Crippen molar-refractivity contribution in [3.8, 4) is 11.5 Å². The Kier molecular flexibility index (Phi) is 5.22. The molecular weight excluding hydrogens is 279 g/mol. The van der Waals surface area contributed by atoms with E-state index in [0.717, 1.165) is 12.3 Å². The summed E-state index contributed by atoms with van der Waals surface area (Å²) in [6, 6.07) is 3.56. The Hall–Kier alpha value is -1.25. The van der Waals surface area contributed by atoms with Crippen LogP contribution in [0.25, 0.3) is 0 Å². The molecule has 122 valence electrons. The van der Waals surface area contributed by atoms with E-state index in [0.29, 0.717) is 36.2 Å². The lowest BCUT2D eigenvalue weighted by Crippen LogP contribution is -2.19. The third-order valence-corrected chi connectivity index (χ3v) is 5.26. The molecule has 22 heavy (non-hydrogen) atoms. The van der Waals surface area contributed by atoms with Gasteiger partial charge in [-0.05, 0) is 50.2 Å². The van der Waals surface area contributed by atoms with Crippen LogP contribution in [-0.4, -0.2) is 13.2 Å². The van der Waals surface area contributed by atoms with E-state index in [1.807, 2.05) is 6.07 Å². The highest BCUT2D eigenvalue weighted by Crippen LogP contribution is 2.32. The number of rotatable bonds is 7. The first-order chi connectivity index (χ1) is 10.7. The van der Waals surface area contributed by atoms with Gasteiger partial charge in [0.15, 0.2) is 11.6 Å². The van der Waals surface area contributed by atoms with E-state index >= 15 is 0 Å². The van der Waals surface area contributed by atoms with Crippen molar-refractivity contribution in [3.05, 3.63) is 23.5 Å². The summed E-state index contributed by atoms with van der Waals surface area (Å²) in [4.78, 5) is 0. The molecule has 2 saturated carbocycles. The highest BCUT2D eigenvalue weighted by Gasteiger charge is 2.20. The molecule has 2 aliphatic rings. The molecule has 2 nitrogen and oxygen atoms in total. The molecule has 0 aliphatic heterocycles. The number of halogens is 1. The van der Waals surface area contributed by atoms with Gasteiger partial charge in [-0.1, -0.05) is 32.1 Å². The van der Waals surface area contributed by atoms with Crippen molar-refractivity contribution in [1.29, 1.82) is 0 Å². The molecule has 3 heteroatoms. The van der Waals surface area contributed by atoms with E-state index in [4.69, 9.17) is 9.47 Å². The molecule has 2 fully saturated rings. The molecule has 3 rings (SSSR count). The standard InChI is InChI=1S/C19H27FO2/c1-14-17(22-13-16-7-4-8-16)9-10-18(19(14)20)21-12-11-15-5-2-3-6-15/h9-10,15-16H,2-8,11-13H2,1H3. The second-order valence-electron chi connectivity index (χ2n) is 6.90. The number of hydrogen-bond donors (Lipinski definition) is 0. The van der Waals surface area contributed by atoms with Gasteiger partial charge >= 0.3 is 0 Å². The molecule has 1 aromatic rings. The zero-order valence-corrected chi connectivity index (χ0v) is 13.6. The first-order valence-corrected chi connectivity index (χ1v) is 8.78. The second-order valence-corrected chi connectivity index (χ2v) is 6.90. The van der Waals surface area contributed by atoms with Crippen LogP contribution >= 0.6 is 0 Å². The topological polar surface area (TPSA) is 18.5 Å². The third-order valence-electron chi connectivity index (χ3n) is 5.26. The summed E-state index contributed by atoms with van der Waals surface area (Å²) in [6.07, 6.45) is 10.1. The molecule has 0 unspecified atom stereocenters. The summed E-state index contributed by atoms with van der Waals surface area (Å²) in [5.41, 5.74) is 0.567. The van der Waals surface area contributed by atoms with E-state index < -0.39 is 0 Å². The molecule has 0 radical (unpaired) electrons. The smallest absolute Gasteiger partial charge is 0.171 e. The van der Waals surface area contributed by atoms with Crippen molar-refractivity contribution in [3.63, 3.8) is 0 Å². The molecule has 0 spiro atoms. The van der Waals surface area contributed by atoms with E-state index in [1.54, 1.807) is 13.0 Å². The monoisotopic (exact) mass is 306 g/mol. The second kappa shape index (κ2) is 7.34. The summed E-state index contributed by atoms with van der Waals surface area (Å²) in [5, 5.41) is 0. The largest absolute Gasteiger partial charge is 0.493 e. The lowest BCUT2D eigenvalue weighted by Gasteiger charge is -2.25. The molecule has 0 aromatic heterocycles. The molecule has 0 atom stereocenters. The summed E-state index contributed by atoms with van der Waals surface area (Å²) in [5.74, 6) is 2.19. The van der Waals surface area contributed by atoms with Gasteiger partial charge in [0, 0.05) is 5.56 Å². The summed E-state index contributed by atoms with van der Waals surface area (Å²) in [6.45, 7) is 3.10. The predicted octanol–water partition coefficient (Wildman–Crippen LogP) is 5.27.